The topological polar surface area (TPSA) is 68.6 Å². The van der Waals surface area contributed by atoms with Crippen LogP contribution < -0.4 is 5.32 Å². The normalized spacial score (nSPS) is 14.8. The van der Waals surface area contributed by atoms with Gasteiger partial charge in [0.2, 0.25) is 0 Å². The van der Waals surface area contributed by atoms with E-state index in [1.807, 2.05) is 30.3 Å². The number of benzene rings is 3. The molecule has 2 amide bonds. The second kappa shape index (κ2) is 11.9. The minimum atomic E-state index is -0.148. The summed E-state index contributed by atoms with van der Waals surface area (Å²) in [6.07, 6.45) is -0.109. The fourth-order valence-electron chi connectivity index (χ4n) is 4.17. The molecular weight excluding hydrogens is 460 g/mol. The average molecular weight is 489 g/mol. The van der Waals surface area contributed by atoms with Crippen LogP contribution in [0, 0.1) is 18.3 Å². The zero-order valence-electron chi connectivity index (χ0n) is 19.8. The summed E-state index contributed by atoms with van der Waals surface area (Å²) in [5.41, 5.74) is 4.59. The van der Waals surface area contributed by atoms with Crippen molar-refractivity contribution in [1.29, 1.82) is 5.26 Å². The Morgan fingerprint density at radius 1 is 1.06 bits per heavy atom. The van der Waals surface area contributed by atoms with Gasteiger partial charge >= 0.3 is 6.03 Å². The molecule has 1 aliphatic rings. The number of hydrogen-bond acceptors (Lipinski definition) is 4. The number of halogens is 1. The molecule has 0 bridgehead atoms. The molecule has 1 heterocycles. The summed E-state index contributed by atoms with van der Waals surface area (Å²) in [5, 5.41) is 12.7. The second-order valence-corrected chi connectivity index (χ2v) is 9.19. The fraction of sp³-hybridized carbons (Fsp3) is 0.286. The summed E-state index contributed by atoms with van der Waals surface area (Å²) in [5.74, 6) is 0. The number of urea groups is 1. The molecule has 4 rings (SSSR count). The zero-order valence-corrected chi connectivity index (χ0v) is 20.5. The Bertz CT molecular complexity index is 1180. The molecule has 0 saturated carbocycles. The number of nitrogens with one attached hydrogen (secondary N) is 1. The van der Waals surface area contributed by atoms with E-state index in [2.05, 4.69) is 41.4 Å². The summed E-state index contributed by atoms with van der Waals surface area (Å²) in [6.45, 7) is 6.08. The molecule has 3 aromatic rings. The monoisotopic (exact) mass is 488 g/mol. The van der Waals surface area contributed by atoms with E-state index < -0.39 is 0 Å². The second-order valence-electron chi connectivity index (χ2n) is 8.75. The molecule has 0 radical (unpaired) electrons. The van der Waals surface area contributed by atoms with E-state index in [-0.39, 0.29) is 12.1 Å². The van der Waals surface area contributed by atoms with Gasteiger partial charge in [-0.1, -0.05) is 59.6 Å². The van der Waals surface area contributed by atoms with Crippen LogP contribution in [0.4, 0.5) is 10.5 Å². The van der Waals surface area contributed by atoms with E-state index in [0.717, 1.165) is 30.8 Å². The Hall–Kier alpha value is -3.37. The van der Waals surface area contributed by atoms with Crippen molar-refractivity contribution in [2.24, 2.45) is 0 Å². The molecule has 3 aromatic carbocycles. The van der Waals surface area contributed by atoms with Crippen molar-refractivity contribution < 1.29 is 9.53 Å². The van der Waals surface area contributed by atoms with Crippen molar-refractivity contribution in [2.45, 2.75) is 19.6 Å². The lowest BCUT2D eigenvalue weighted by Crippen LogP contribution is -2.50. The molecule has 1 aliphatic heterocycles. The maximum atomic E-state index is 12.7. The van der Waals surface area contributed by atoms with Crippen LogP contribution >= 0.6 is 11.6 Å². The van der Waals surface area contributed by atoms with Crippen LogP contribution in [-0.2, 0) is 11.3 Å². The highest BCUT2D eigenvalue weighted by Gasteiger charge is 2.24. The molecule has 0 spiro atoms. The third kappa shape index (κ3) is 7.06. The molecular formula is C28H29ClN4O2. The Morgan fingerprint density at radius 3 is 2.51 bits per heavy atom. The highest BCUT2D eigenvalue weighted by atomic mass is 35.5. The van der Waals surface area contributed by atoms with Crippen molar-refractivity contribution in [3.8, 4) is 6.07 Å². The summed E-state index contributed by atoms with van der Waals surface area (Å²) in [4.78, 5) is 16.8. The Kier molecular flexibility index (Phi) is 8.38. The van der Waals surface area contributed by atoms with E-state index in [9.17, 15) is 4.79 Å². The first-order valence-corrected chi connectivity index (χ1v) is 12.1. The van der Waals surface area contributed by atoms with Gasteiger partial charge in [0.15, 0.2) is 0 Å². The van der Waals surface area contributed by atoms with Gasteiger partial charge in [0, 0.05) is 43.4 Å². The lowest BCUT2D eigenvalue weighted by Gasteiger charge is -2.36. The smallest absolute Gasteiger partial charge is 0.321 e. The van der Waals surface area contributed by atoms with Crippen molar-refractivity contribution in [2.75, 3.05) is 38.0 Å². The third-order valence-corrected chi connectivity index (χ3v) is 6.35. The zero-order chi connectivity index (χ0) is 24.6. The first kappa shape index (κ1) is 24.7. The lowest BCUT2D eigenvalue weighted by atomic mass is 10.1. The van der Waals surface area contributed by atoms with Crippen LogP contribution in [0.25, 0.3) is 0 Å². The van der Waals surface area contributed by atoms with Gasteiger partial charge in [0.1, 0.15) is 0 Å². The fourth-order valence-corrected chi connectivity index (χ4v) is 4.29. The maximum Gasteiger partial charge on any atom is 0.321 e. The minimum Gasteiger partial charge on any atom is -0.368 e. The van der Waals surface area contributed by atoms with Crippen LogP contribution in [0.2, 0.25) is 5.02 Å². The van der Waals surface area contributed by atoms with Gasteiger partial charge in [-0.05, 0) is 48.4 Å². The van der Waals surface area contributed by atoms with Gasteiger partial charge < -0.3 is 15.0 Å². The number of carbonyl (C=O) groups excluding carboxylic acids is 1. The number of carbonyl (C=O) groups is 1. The number of ether oxygens (including phenoxy) is 1. The molecule has 1 N–H and O–H groups in total. The summed E-state index contributed by atoms with van der Waals surface area (Å²) >= 11 is 6.11. The van der Waals surface area contributed by atoms with Crippen LogP contribution in [0.3, 0.4) is 0 Å². The molecule has 180 valence electrons. The summed E-state index contributed by atoms with van der Waals surface area (Å²) in [7, 11) is 0. The third-order valence-electron chi connectivity index (χ3n) is 6.10. The Labute approximate surface area is 211 Å². The van der Waals surface area contributed by atoms with Crippen molar-refractivity contribution >= 4 is 23.3 Å². The first-order valence-electron chi connectivity index (χ1n) is 11.7. The quantitative estimate of drug-likeness (QED) is 0.468. The average Bonchev–Trinajstić information content (AvgIpc) is 2.87. The molecule has 35 heavy (non-hydrogen) atoms. The predicted octanol–water partition coefficient (Wildman–Crippen LogP) is 5.63. The first-order chi connectivity index (χ1) is 17.0. The Morgan fingerprint density at radius 2 is 1.80 bits per heavy atom. The van der Waals surface area contributed by atoms with E-state index in [0.29, 0.717) is 36.0 Å². The Balaban J connectivity index is 1.35. The summed E-state index contributed by atoms with van der Waals surface area (Å²) in [6, 6.07) is 25.1. The SMILES string of the molecule is Cc1cccc(COC(CN2CCN(C(=O)Nc3cccc(C#N)c3)CC2)c2ccc(Cl)cc2)c1. The molecule has 1 unspecified atom stereocenters. The predicted molar refractivity (Wildman–Crippen MR) is 138 cm³/mol. The molecule has 0 aliphatic carbocycles. The van der Waals surface area contributed by atoms with Gasteiger partial charge in [-0.15, -0.1) is 0 Å². The number of rotatable bonds is 7. The number of hydrogen-bond donors (Lipinski definition) is 1. The van der Waals surface area contributed by atoms with Crippen molar-refractivity contribution in [1.82, 2.24) is 9.80 Å². The van der Waals surface area contributed by atoms with Gasteiger partial charge in [-0.3, -0.25) is 4.90 Å². The van der Waals surface area contributed by atoms with Crippen molar-refractivity contribution in [3.63, 3.8) is 0 Å². The molecule has 1 saturated heterocycles. The highest BCUT2D eigenvalue weighted by Crippen LogP contribution is 2.24. The maximum absolute atomic E-state index is 12.7. The molecule has 7 heteroatoms. The van der Waals surface area contributed by atoms with Gasteiger partial charge in [-0.25, -0.2) is 4.79 Å². The van der Waals surface area contributed by atoms with E-state index in [1.165, 1.54) is 5.56 Å². The van der Waals surface area contributed by atoms with Gasteiger partial charge in [-0.2, -0.15) is 5.26 Å². The van der Waals surface area contributed by atoms with Gasteiger partial charge in [0.05, 0.1) is 24.3 Å². The van der Waals surface area contributed by atoms with E-state index in [1.54, 1.807) is 29.2 Å². The van der Waals surface area contributed by atoms with E-state index >= 15 is 0 Å². The van der Waals surface area contributed by atoms with Gasteiger partial charge in [0.25, 0.3) is 0 Å². The highest BCUT2D eigenvalue weighted by molar-refractivity contribution is 6.30. The largest absolute Gasteiger partial charge is 0.368 e. The minimum absolute atomic E-state index is 0.109. The molecule has 1 atom stereocenters. The lowest BCUT2D eigenvalue weighted by molar-refractivity contribution is 0.00592. The number of anilines is 1. The molecule has 6 nitrogen and oxygen atoms in total. The molecule has 0 aromatic heterocycles. The van der Waals surface area contributed by atoms with Crippen LogP contribution in [0.1, 0.15) is 28.4 Å². The number of amides is 2. The summed E-state index contributed by atoms with van der Waals surface area (Å²) < 4.78 is 6.38. The van der Waals surface area contributed by atoms with Crippen LogP contribution in [0.5, 0.6) is 0 Å². The number of nitriles is 1. The number of nitrogens with zero attached hydrogens (tertiary/aromatic N) is 3. The van der Waals surface area contributed by atoms with E-state index in [4.69, 9.17) is 21.6 Å². The number of aryl methyl sites for hydroxylation is 1. The van der Waals surface area contributed by atoms with Crippen LogP contribution in [-0.4, -0.2) is 48.6 Å². The van der Waals surface area contributed by atoms with Crippen molar-refractivity contribution in [3.05, 3.63) is 100 Å². The van der Waals surface area contributed by atoms with Crippen LogP contribution in [0.15, 0.2) is 72.8 Å². The standard InChI is InChI=1S/C28H29ClN4O2/c1-21-4-2-6-23(16-21)20-35-27(24-8-10-25(29)11-9-24)19-32-12-14-33(15-13-32)28(34)31-26-7-3-5-22(17-26)18-30/h2-11,16-17,27H,12-15,19-20H2,1H3,(H,31,34). The molecule has 1 fully saturated rings. The number of piperazine rings is 1.